The second-order valence-electron chi connectivity index (χ2n) is 7.08. The van der Waals surface area contributed by atoms with E-state index >= 15 is 0 Å². The number of amides is 1. The van der Waals surface area contributed by atoms with Crippen molar-refractivity contribution in [2.75, 3.05) is 13.1 Å². The molecule has 0 unspecified atom stereocenters. The maximum atomic E-state index is 12.3. The van der Waals surface area contributed by atoms with Crippen LogP contribution >= 0.6 is 0 Å². The van der Waals surface area contributed by atoms with Crippen molar-refractivity contribution >= 4 is 5.91 Å². The van der Waals surface area contributed by atoms with Crippen LogP contribution in [0.5, 0.6) is 0 Å². The molecule has 0 bridgehead atoms. The van der Waals surface area contributed by atoms with Gasteiger partial charge >= 0.3 is 0 Å². The van der Waals surface area contributed by atoms with Crippen LogP contribution in [0.15, 0.2) is 24.3 Å². The summed E-state index contributed by atoms with van der Waals surface area (Å²) in [6.45, 7) is 11.6. The van der Waals surface area contributed by atoms with Gasteiger partial charge in [-0.05, 0) is 51.3 Å². The van der Waals surface area contributed by atoms with Gasteiger partial charge in [0.1, 0.15) is 0 Å². The number of nitrogens with zero attached hydrogens (tertiary/aromatic N) is 1. The van der Waals surface area contributed by atoms with Crippen LogP contribution in [0, 0.1) is 18.8 Å². The molecule has 122 valence electrons. The molecule has 1 aliphatic rings. The molecule has 1 N–H and O–H groups in total. The number of hydrogen-bond donors (Lipinski definition) is 1. The second-order valence-corrected chi connectivity index (χ2v) is 7.08. The van der Waals surface area contributed by atoms with Crippen LogP contribution in [0.4, 0.5) is 0 Å². The van der Waals surface area contributed by atoms with E-state index < -0.39 is 0 Å². The summed E-state index contributed by atoms with van der Waals surface area (Å²) in [7, 11) is 0. The molecule has 1 aromatic carbocycles. The van der Waals surface area contributed by atoms with Crippen LogP contribution in [0.3, 0.4) is 0 Å². The zero-order valence-electron chi connectivity index (χ0n) is 14.4. The van der Waals surface area contributed by atoms with Crippen molar-refractivity contribution in [2.45, 2.75) is 53.1 Å². The van der Waals surface area contributed by atoms with Gasteiger partial charge in [-0.15, -0.1) is 0 Å². The molecule has 1 saturated heterocycles. The Labute approximate surface area is 135 Å². The van der Waals surface area contributed by atoms with Crippen molar-refractivity contribution in [3.63, 3.8) is 0 Å². The zero-order chi connectivity index (χ0) is 16.1. The number of rotatable bonds is 5. The molecule has 1 atom stereocenters. The van der Waals surface area contributed by atoms with Crippen molar-refractivity contribution in [3.05, 3.63) is 35.4 Å². The van der Waals surface area contributed by atoms with E-state index in [0.29, 0.717) is 5.92 Å². The lowest BCUT2D eigenvalue weighted by Gasteiger charge is -2.32. The number of hydrogen-bond acceptors (Lipinski definition) is 2. The minimum Gasteiger partial charge on any atom is -0.353 e. The largest absolute Gasteiger partial charge is 0.353 e. The summed E-state index contributed by atoms with van der Waals surface area (Å²) < 4.78 is 0. The van der Waals surface area contributed by atoms with Crippen LogP contribution in [-0.2, 0) is 11.3 Å². The Morgan fingerprint density at radius 3 is 2.55 bits per heavy atom. The van der Waals surface area contributed by atoms with Gasteiger partial charge in [-0.3, -0.25) is 9.69 Å². The molecule has 3 nitrogen and oxygen atoms in total. The van der Waals surface area contributed by atoms with E-state index in [2.05, 4.69) is 62.2 Å². The fraction of sp³-hybridized carbons (Fsp3) is 0.632. The molecule has 2 rings (SSSR count). The minimum atomic E-state index is 0.190. The zero-order valence-corrected chi connectivity index (χ0v) is 14.4. The van der Waals surface area contributed by atoms with Gasteiger partial charge < -0.3 is 5.32 Å². The topological polar surface area (TPSA) is 32.3 Å². The van der Waals surface area contributed by atoms with Crippen molar-refractivity contribution in [1.29, 1.82) is 0 Å². The third-order valence-corrected chi connectivity index (χ3v) is 4.82. The van der Waals surface area contributed by atoms with E-state index in [1.165, 1.54) is 11.1 Å². The van der Waals surface area contributed by atoms with Gasteiger partial charge in [0.15, 0.2) is 0 Å². The Balaban J connectivity index is 1.79. The van der Waals surface area contributed by atoms with E-state index in [1.54, 1.807) is 0 Å². The quantitative estimate of drug-likeness (QED) is 0.904. The molecule has 0 aliphatic carbocycles. The molecule has 1 heterocycles. The average Bonchev–Trinajstić information content (AvgIpc) is 2.47. The van der Waals surface area contributed by atoms with Crippen molar-refractivity contribution in [3.8, 4) is 0 Å². The van der Waals surface area contributed by atoms with Crippen LogP contribution in [-0.4, -0.2) is 29.9 Å². The number of likely N-dealkylation sites (tertiary alicyclic amines) is 1. The fourth-order valence-electron chi connectivity index (χ4n) is 2.93. The number of nitrogens with one attached hydrogen (secondary N) is 1. The summed E-state index contributed by atoms with van der Waals surface area (Å²) >= 11 is 0. The second kappa shape index (κ2) is 7.77. The van der Waals surface area contributed by atoms with Crippen LogP contribution in [0.25, 0.3) is 0 Å². The molecule has 1 aliphatic heterocycles. The van der Waals surface area contributed by atoms with Gasteiger partial charge in [0.2, 0.25) is 5.91 Å². The van der Waals surface area contributed by atoms with Crippen LogP contribution in [0.2, 0.25) is 0 Å². The molecule has 1 aromatic rings. The van der Waals surface area contributed by atoms with Crippen LogP contribution in [0.1, 0.15) is 44.7 Å². The Bertz CT molecular complexity index is 490. The number of benzene rings is 1. The van der Waals surface area contributed by atoms with E-state index in [0.717, 1.165) is 32.5 Å². The summed E-state index contributed by atoms with van der Waals surface area (Å²) in [5.74, 6) is 0.928. The number of carbonyl (C=O) groups excluding carboxylic acids is 1. The summed E-state index contributed by atoms with van der Waals surface area (Å²) in [6, 6.07) is 8.96. The first-order chi connectivity index (χ1) is 10.5. The minimum absolute atomic E-state index is 0.190. The molecule has 0 saturated carbocycles. The Hall–Kier alpha value is -1.35. The highest BCUT2D eigenvalue weighted by Crippen LogP contribution is 2.20. The third kappa shape index (κ3) is 4.84. The van der Waals surface area contributed by atoms with E-state index in [1.807, 2.05) is 0 Å². The normalized spacial score (nSPS) is 18.4. The summed E-state index contributed by atoms with van der Waals surface area (Å²) in [4.78, 5) is 14.8. The molecular weight excluding hydrogens is 272 g/mol. The molecule has 0 radical (unpaired) electrons. The van der Waals surface area contributed by atoms with E-state index in [9.17, 15) is 4.79 Å². The Morgan fingerprint density at radius 1 is 1.27 bits per heavy atom. The Kier molecular flexibility index (Phi) is 6.01. The summed E-state index contributed by atoms with van der Waals surface area (Å²) in [5.41, 5.74) is 2.69. The maximum absolute atomic E-state index is 12.3. The van der Waals surface area contributed by atoms with Gasteiger partial charge in [0, 0.05) is 18.5 Å². The van der Waals surface area contributed by atoms with Crippen LogP contribution < -0.4 is 5.32 Å². The summed E-state index contributed by atoms with van der Waals surface area (Å²) in [5, 5.41) is 3.16. The first kappa shape index (κ1) is 17.0. The predicted octanol–water partition coefficient (Wildman–Crippen LogP) is 3.37. The van der Waals surface area contributed by atoms with E-state index in [4.69, 9.17) is 0 Å². The monoisotopic (exact) mass is 302 g/mol. The maximum Gasteiger partial charge on any atom is 0.223 e. The van der Waals surface area contributed by atoms with Crippen molar-refractivity contribution < 1.29 is 4.79 Å². The molecule has 3 heteroatoms. The van der Waals surface area contributed by atoms with Crippen molar-refractivity contribution in [2.24, 2.45) is 11.8 Å². The number of piperidine rings is 1. The molecule has 0 aromatic heterocycles. The molecule has 1 fully saturated rings. The first-order valence-electron chi connectivity index (χ1n) is 8.54. The standard InChI is InChI=1S/C19H30N2O/c1-14(2)16(4)20-19(22)18-8-10-21(11-9-18)13-17-7-5-6-15(3)12-17/h5-7,12,14,16,18H,8-11,13H2,1-4H3,(H,20,22)/t16-/m1/s1. The van der Waals surface area contributed by atoms with Crippen molar-refractivity contribution in [1.82, 2.24) is 10.2 Å². The van der Waals surface area contributed by atoms with Gasteiger partial charge in [-0.2, -0.15) is 0 Å². The predicted molar refractivity (Wildman–Crippen MR) is 91.6 cm³/mol. The van der Waals surface area contributed by atoms with E-state index in [-0.39, 0.29) is 17.9 Å². The lowest BCUT2D eigenvalue weighted by molar-refractivity contribution is -0.127. The fourth-order valence-corrected chi connectivity index (χ4v) is 2.93. The number of carbonyl (C=O) groups is 1. The highest BCUT2D eigenvalue weighted by atomic mass is 16.1. The number of aryl methyl sites for hydroxylation is 1. The van der Waals surface area contributed by atoms with Gasteiger partial charge in [0.05, 0.1) is 0 Å². The highest BCUT2D eigenvalue weighted by Gasteiger charge is 2.26. The average molecular weight is 302 g/mol. The molecule has 0 spiro atoms. The summed E-state index contributed by atoms with van der Waals surface area (Å²) in [6.07, 6.45) is 1.95. The van der Waals surface area contributed by atoms with Gasteiger partial charge in [0.25, 0.3) is 0 Å². The van der Waals surface area contributed by atoms with Gasteiger partial charge in [-0.25, -0.2) is 0 Å². The smallest absolute Gasteiger partial charge is 0.223 e. The Morgan fingerprint density at radius 2 is 1.95 bits per heavy atom. The third-order valence-electron chi connectivity index (χ3n) is 4.82. The molecule has 22 heavy (non-hydrogen) atoms. The molecule has 1 amide bonds. The first-order valence-corrected chi connectivity index (χ1v) is 8.54. The SMILES string of the molecule is Cc1cccc(CN2CCC(C(=O)N[C@H](C)C(C)C)CC2)c1. The lowest BCUT2D eigenvalue weighted by atomic mass is 9.94. The lowest BCUT2D eigenvalue weighted by Crippen LogP contribution is -2.44. The highest BCUT2D eigenvalue weighted by molar-refractivity contribution is 5.79. The van der Waals surface area contributed by atoms with Gasteiger partial charge in [-0.1, -0.05) is 43.7 Å². The molecular formula is C19H30N2O.